The summed E-state index contributed by atoms with van der Waals surface area (Å²) in [5.74, 6) is -0.00551. The zero-order valence-corrected chi connectivity index (χ0v) is 12.7. The number of carbonyl (C=O) groups excluding carboxylic acids is 1. The molecule has 3 N–H and O–H groups in total. The lowest BCUT2D eigenvalue weighted by Gasteiger charge is -2.07. The van der Waals surface area contributed by atoms with Crippen molar-refractivity contribution in [3.05, 3.63) is 28.7 Å². The van der Waals surface area contributed by atoms with Crippen LogP contribution in [0.5, 0.6) is 0 Å². The van der Waals surface area contributed by atoms with Crippen LogP contribution in [0.4, 0.5) is 5.69 Å². The SMILES string of the molecule is CCn1cc(NC(=O)CCCCCCN)ccc1=O.Cl. The highest BCUT2D eigenvalue weighted by Gasteiger charge is 2.03. The van der Waals surface area contributed by atoms with Crippen LogP contribution in [0.25, 0.3) is 0 Å². The average Bonchev–Trinajstić information content (AvgIpc) is 2.40. The van der Waals surface area contributed by atoms with Gasteiger partial charge in [-0.1, -0.05) is 12.8 Å². The lowest BCUT2D eigenvalue weighted by molar-refractivity contribution is -0.116. The van der Waals surface area contributed by atoms with Gasteiger partial charge in [-0.05, 0) is 32.4 Å². The maximum Gasteiger partial charge on any atom is 0.250 e. The van der Waals surface area contributed by atoms with Crippen molar-refractivity contribution in [3.63, 3.8) is 0 Å². The molecular weight excluding hydrogens is 278 g/mol. The Balaban J connectivity index is 0.00000361. The molecule has 0 aromatic carbocycles. The molecule has 114 valence electrons. The fourth-order valence-corrected chi connectivity index (χ4v) is 1.86. The third kappa shape index (κ3) is 6.73. The molecule has 0 saturated heterocycles. The van der Waals surface area contributed by atoms with E-state index in [9.17, 15) is 9.59 Å². The predicted molar refractivity (Wildman–Crippen MR) is 84.4 cm³/mol. The Hall–Kier alpha value is -1.33. The van der Waals surface area contributed by atoms with Crippen LogP contribution in [0.3, 0.4) is 0 Å². The molecule has 0 bridgehead atoms. The molecule has 0 aliphatic rings. The van der Waals surface area contributed by atoms with Gasteiger partial charge >= 0.3 is 0 Å². The first kappa shape index (κ1) is 18.7. The Kier molecular flexibility index (Phi) is 9.76. The molecule has 1 rings (SSSR count). The molecule has 5 nitrogen and oxygen atoms in total. The number of nitrogens with two attached hydrogens (primary N) is 1. The van der Waals surface area contributed by atoms with Gasteiger partial charge in [-0.2, -0.15) is 0 Å². The van der Waals surface area contributed by atoms with Gasteiger partial charge in [0, 0.05) is 25.2 Å². The fraction of sp³-hybridized carbons (Fsp3) is 0.571. The molecular formula is C14H24ClN3O2. The van der Waals surface area contributed by atoms with E-state index in [0.717, 1.165) is 25.7 Å². The van der Waals surface area contributed by atoms with Crippen LogP contribution >= 0.6 is 12.4 Å². The van der Waals surface area contributed by atoms with Crippen molar-refractivity contribution in [3.8, 4) is 0 Å². The van der Waals surface area contributed by atoms with Crippen LogP contribution in [0, 0.1) is 0 Å². The Labute approximate surface area is 126 Å². The minimum Gasteiger partial charge on any atom is -0.330 e. The Bertz CT molecular complexity index is 460. The smallest absolute Gasteiger partial charge is 0.250 e. The Morgan fingerprint density at radius 1 is 1.25 bits per heavy atom. The number of unbranched alkanes of at least 4 members (excludes halogenated alkanes) is 3. The molecule has 0 spiro atoms. The first-order valence-corrected chi connectivity index (χ1v) is 6.87. The van der Waals surface area contributed by atoms with Crippen molar-refractivity contribution in [2.45, 2.75) is 45.6 Å². The quantitative estimate of drug-likeness (QED) is 0.722. The van der Waals surface area contributed by atoms with Crippen LogP contribution in [0.2, 0.25) is 0 Å². The summed E-state index contributed by atoms with van der Waals surface area (Å²) in [7, 11) is 0. The molecule has 0 aliphatic heterocycles. The lowest BCUT2D eigenvalue weighted by Crippen LogP contribution is -2.19. The molecule has 1 aromatic heterocycles. The van der Waals surface area contributed by atoms with Gasteiger partial charge < -0.3 is 15.6 Å². The molecule has 1 amide bonds. The standard InChI is InChI=1S/C14H23N3O2.ClH/c1-2-17-11-12(8-9-14(17)19)16-13(18)7-5-3-4-6-10-15;/h8-9,11H,2-7,10,15H2,1H3,(H,16,18);1H. The van der Waals surface area contributed by atoms with E-state index in [-0.39, 0.29) is 23.9 Å². The molecule has 0 atom stereocenters. The number of hydrogen-bond donors (Lipinski definition) is 2. The van der Waals surface area contributed by atoms with Crippen molar-refractivity contribution < 1.29 is 4.79 Å². The van der Waals surface area contributed by atoms with Crippen LogP contribution in [-0.2, 0) is 11.3 Å². The molecule has 0 aliphatic carbocycles. The second-order valence-corrected chi connectivity index (χ2v) is 4.54. The number of aryl methyl sites for hydroxylation is 1. The molecule has 0 unspecified atom stereocenters. The van der Waals surface area contributed by atoms with E-state index in [1.54, 1.807) is 16.8 Å². The summed E-state index contributed by atoms with van der Waals surface area (Å²) < 4.78 is 1.57. The van der Waals surface area contributed by atoms with Crippen molar-refractivity contribution in [2.24, 2.45) is 5.73 Å². The van der Waals surface area contributed by atoms with Gasteiger partial charge in [0.25, 0.3) is 5.56 Å². The first-order valence-electron chi connectivity index (χ1n) is 6.87. The minimum absolute atomic E-state index is 0. The molecule has 0 saturated carbocycles. The number of nitrogens with zero attached hydrogens (tertiary/aromatic N) is 1. The molecule has 6 heteroatoms. The molecule has 0 fully saturated rings. The number of rotatable bonds is 8. The predicted octanol–water partition coefficient (Wildman–Crippen LogP) is 2.14. The first-order chi connectivity index (χ1) is 9.17. The number of aromatic nitrogens is 1. The Morgan fingerprint density at radius 2 is 1.95 bits per heavy atom. The number of halogens is 1. The highest BCUT2D eigenvalue weighted by Crippen LogP contribution is 2.07. The van der Waals surface area contributed by atoms with Gasteiger partial charge in [-0.15, -0.1) is 12.4 Å². The Morgan fingerprint density at radius 3 is 2.60 bits per heavy atom. The summed E-state index contributed by atoms with van der Waals surface area (Å²) in [6.07, 6.45) is 6.18. The van der Waals surface area contributed by atoms with Crippen LogP contribution in [0.15, 0.2) is 23.1 Å². The highest BCUT2D eigenvalue weighted by molar-refractivity contribution is 5.90. The largest absolute Gasteiger partial charge is 0.330 e. The van der Waals surface area contributed by atoms with Gasteiger partial charge in [0.1, 0.15) is 0 Å². The van der Waals surface area contributed by atoms with Gasteiger partial charge in [-0.25, -0.2) is 0 Å². The van der Waals surface area contributed by atoms with Crippen molar-refractivity contribution in [1.29, 1.82) is 0 Å². The maximum atomic E-state index is 11.7. The zero-order valence-electron chi connectivity index (χ0n) is 11.9. The number of amides is 1. The summed E-state index contributed by atoms with van der Waals surface area (Å²) in [5.41, 5.74) is 6.03. The summed E-state index contributed by atoms with van der Waals surface area (Å²) in [6, 6.07) is 3.11. The topological polar surface area (TPSA) is 77.1 Å². The number of hydrogen-bond acceptors (Lipinski definition) is 3. The number of carbonyl (C=O) groups is 1. The molecule has 0 radical (unpaired) electrons. The minimum atomic E-state index is -0.0534. The highest BCUT2D eigenvalue weighted by atomic mass is 35.5. The van der Waals surface area contributed by atoms with Crippen molar-refractivity contribution in [1.82, 2.24) is 4.57 Å². The maximum absolute atomic E-state index is 11.7. The van der Waals surface area contributed by atoms with E-state index in [0.29, 0.717) is 25.2 Å². The summed E-state index contributed by atoms with van der Waals surface area (Å²) in [6.45, 7) is 3.21. The van der Waals surface area contributed by atoms with E-state index < -0.39 is 0 Å². The average molecular weight is 302 g/mol. The fourth-order valence-electron chi connectivity index (χ4n) is 1.86. The molecule has 1 aromatic rings. The van der Waals surface area contributed by atoms with E-state index in [1.807, 2.05) is 6.92 Å². The third-order valence-corrected chi connectivity index (χ3v) is 2.97. The normalized spacial score (nSPS) is 9.90. The summed E-state index contributed by atoms with van der Waals surface area (Å²) in [5, 5.41) is 2.81. The number of anilines is 1. The summed E-state index contributed by atoms with van der Waals surface area (Å²) >= 11 is 0. The molecule has 20 heavy (non-hydrogen) atoms. The van der Waals surface area contributed by atoms with Gasteiger partial charge in [0.2, 0.25) is 5.91 Å². The third-order valence-electron chi connectivity index (χ3n) is 2.97. The van der Waals surface area contributed by atoms with Crippen LogP contribution in [-0.4, -0.2) is 17.0 Å². The monoisotopic (exact) mass is 301 g/mol. The second-order valence-electron chi connectivity index (χ2n) is 4.54. The van der Waals surface area contributed by atoms with Crippen LogP contribution < -0.4 is 16.6 Å². The molecule has 1 heterocycles. The van der Waals surface area contributed by atoms with E-state index in [2.05, 4.69) is 5.32 Å². The van der Waals surface area contributed by atoms with E-state index in [1.165, 1.54) is 6.07 Å². The number of pyridine rings is 1. The summed E-state index contributed by atoms with van der Waals surface area (Å²) in [4.78, 5) is 23.1. The van der Waals surface area contributed by atoms with Gasteiger partial charge in [0.15, 0.2) is 0 Å². The lowest BCUT2D eigenvalue weighted by atomic mass is 10.1. The van der Waals surface area contributed by atoms with E-state index >= 15 is 0 Å². The van der Waals surface area contributed by atoms with Crippen LogP contribution in [0.1, 0.15) is 39.0 Å². The van der Waals surface area contributed by atoms with Gasteiger partial charge in [0.05, 0.1) is 5.69 Å². The van der Waals surface area contributed by atoms with Gasteiger partial charge in [-0.3, -0.25) is 9.59 Å². The number of nitrogens with one attached hydrogen (secondary N) is 1. The van der Waals surface area contributed by atoms with Crippen molar-refractivity contribution in [2.75, 3.05) is 11.9 Å². The zero-order chi connectivity index (χ0) is 14.1. The second kappa shape index (κ2) is 10.5. The van der Waals surface area contributed by atoms with E-state index in [4.69, 9.17) is 5.73 Å². The van der Waals surface area contributed by atoms with Crippen molar-refractivity contribution >= 4 is 24.0 Å².